The van der Waals surface area contributed by atoms with E-state index in [1.165, 1.54) is 28.8 Å². The molecule has 32 heavy (non-hydrogen) atoms. The van der Waals surface area contributed by atoms with Crippen LogP contribution in [0.2, 0.25) is 0 Å². The molecule has 0 radical (unpaired) electrons. The van der Waals surface area contributed by atoms with Gasteiger partial charge in [-0.1, -0.05) is 30.3 Å². The topological polar surface area (TPSA) is 73.0 Å². The summed E-state index contributed by atoms with van der Waals surface area (Å²) in [5.74, 6) is -0.273. The number of carbonyl (C=O) groups excluding carboxylic acids is 1. The van der Waals surface area contributed by atoms with Gasteiger partial charge in [-0.25, -0.2) is 8.42 Å². The molecule has 0 saturated carbocycles. The zero-order valence-electron chi connectivity index (χ0n) is 18.7. The van der Waals surface area contributed by atoms with Gasteiger partial charge < -0.3 is 10.2 Å². The molecule has 2 aliphatic heterocycles. The minimum atomic E-state index is -3.60. The fraction of sp³-hybridized carbons (Fsp3) is 0.458. The summed E-state index contributed by atoms with van der Waals surface area (Å²) >= 11 is 0. The van der Waals surface area contributed by atoms with Crippen LogP contribution in [-0.2, 0) is 23.1 Å². The Hall–Kier alpha value is -2.26. The Labute approximate surface area is 191 Å². The smallest absolute Gasteiger partial charge is 0.251 e. The lowest BCUT2D eigenvalue weighted by Crippen LogP contribution is -2.47. The maximum atomic E-state index is 13.0. The molecular weight excluding hydrogens is 424 g/mol. The zero-order valence-corrected chi connectivity index (χ0v) is 19.5. The van der Waals surface area contributed by atoms with Gasteiger partial charge in [0.15, 0.2) is 0 Å². The number of nitrogens with one attached hydrogen (secondary N) is 1. The summed E-state index contributed by atoms with van der Waals surface area (Å²) in [4.78, 5) is 17.5. The van der Waals surface area contributed by atoms with E-state index < -0.39 is 10.0 Å². The Kier molecular flexibility index (Phi) is 7.25. The third-order valence-corrected chi connectivity index (χ3v) is 8.14. The Morgan fingerprint density at radius 3 is 2.34 bits per heavy atom. The lowest BCUT2D eigenvalue weighted by molar-refractivity contribution is 0.0950. The first-order chi connectivity index (χ1) is 15.4. The minimum Gasteiger partial charge on any atom is -0.348 e. The quantitative estimate of drug-likeness (QED) is 0.691. The first kappa shape index (κ1) is 22.9. The van der Waals surface area contributed by atoms with Gasteiger partial charge in [-0.05, 0) is 62.3 Å². The highest BCUT2D eigenvalue weighted by atomic mass is 32.2. The summed E-state index contributed by atoms with van der Waals surface area (Å²) in [5.41, 5.74) is 2.64. The van der Waals surface area contributed by atoms with Crippen molar-refractivity contribution in [1.82, 2.24) is 19.4 Å². The number of carbonyl (C=O) groups is 1. The van der Waals surface area contributed by atoms with Crippen LogP contribution in [0.15, 0.2) is 53.4 Å². The molecule has 0 unspecified atom stereocenters. The Bertz CT molecular complexity index is 1040. The molecule has 2 fully saturated rings. The molecule has 0 atom stereocenters. The summed E-state index contributed by atoms with van der Waals surface area (Å²) in [6.45, 7) is 5.97. The zero-order chi connectivity index (χ0) is 22.6. The number of benzene rings is 2. The molecule has 4 rings (SSSR count). The summed E-state index contributed by atoms with van der Waals surface area (Å²) < 4.78 is 27.5. The number of amides is 1. The molecule has 1 amide bonds. The van der Waals surface area contributed by atoms with E-state index in [0.29, 0.717) is 38.3 Å². The van der Waals surface area contributed by atoms with Crippen molar-refractivity contribution in [1.29, 1.82) is 0 Å². The fourth-order valence-electron chi connectivity index (χ4n) is 4.30. The van der Waals surface area contributed by atoms with Crippen LogP contribution in [0.5, 0.6) is 0 Å². The third kappa shape index (κ3) is 5.56. The lowest BCUT2D eigenvalue weighted by Gasteiger charge is -2.31. The summed E-state index contributed by atoms with van der Waals surface area (Å²) in [6.07, 6.45) is 2.53. The normalized spacial score (nSPS) is 18.7. The molecule has 0 bridgehead atoms. The van der Waals surface area contributed by atoms with Gasteiger partial charge in [0.05, 0.1) is 4.90 Å². The predicted molar refractivity (Wildman–Crippen MR) is 125 cm³/mol. The van der Waals surface area contributed by atoms with Gasteiger partial charge >= 0.3 is 0 Å². The van der Waals surface area contributed by atoms with Crippen molar-refractivity contribution in [2.45, 2.75) is 30.8 Å². The second-order valence-electron chi connectivity index (χ2n) is 8.72. The van der Waals surface area contributed by atoms with Gasteiger partial charge in [0, 0.05) is 44.8 Å². The van der Waals surface area contributed by atoms with E-state index in [9.17, 15) is 13.2 Å². The maximum Gasteiger partial charge on any atom is 0.251 e. The summed E-state index contributed by atoms with van der Waals surface area (Å²) in [7, 11) is -1.62. The highest BCUT2D eigenvalue weighted by molar-refractivity contribution is 7.89. The molecule has 172 valence electrons. The van der Waals surface area contributed by atoms with Crippen molar-refractivity contribution >= 4 is 15.9 Å². The fourth-order valence-corrected chi connectivity index (χ4v) is 5.77. The highest BCUT2D eigenvalue weighted by Crippen LogP contribution is 2.19. The molecule has 0 aliphatic carbocycles. The number of piperazine rings is 1. The van der Waals surface area contributed by atoms with Crippen LogP contribution >= 0.6 is 0 Å². The van der Waals surface area contributed by atoms with Crippen molar-refractivity contribution < 1.29 is 13.2 Å². The van der Waals surface area contributed by atoms with Gasteiger partial charge in [0.25, 0.3) is 5.91 Å². The van der Waals surface area contributed by atoms with Gasteiger partial charge in [0.2, 0.25) is 10.0 Å². The largest absolute Gasteiger partial charge is 0.348 e. The number of hydrogen-bond donors (Lipinski definition) is 1. The Morgan fingerprint density at radius 2 is 1.59 bits per heavy atom. The van der Waals surface area contributed by atoms with E-state index in [2.05, 4.69) is 27.2 Å². The second kappa shape index (κ2) is 10.1. The number of rotatable bonds is 7. The molecule has 2 heterocycles. The summed E-state index contributed by atoms with van der Waals surface area (Å²) in [5, 5.41) is 2.93. The van der Waals surface area contributed by atoms with E-state index in [-0.39, 0.29) is 10.8 Å². The SMILES string of the molecule is CN1CCN(S(=O)(=O)c2cccc(C(=O)NCc3cccc(CN4CCCC4)c3)c2)CC1. The molecular formula is C24H32N4O3S. The predicted octanol–water partition coefficient (Wildman–Crippen LogP) is 2.15. The van der Waals surface area contributed by atoms with E-state index in [1.54, 1.807) is 18.2 Å². The first-order valence-corrected chi connectivity index (χ1v) is 12.7. The molecule has 2 aromatic carbocycles. The third-order valence-electron chi connectivity index (χ3n) is 6.25. The molecule has 7 nitrogen and oxygen atoms in total. The summed E-state index contributed by atoms with van der Waals surface area (Å²) in [6, 6.07) is 14.6. The van der Waals surface area contributed by atoms with Gasteiger partial charge in [-0.15, -0.1) is 0 Å². The van der Waals surface area contributed by atoms with Crippen molar-refractivity contribution in [2.24, 2.45) is 0 Å². The van der Waals surface area contributed by atoms with E-state index in [1.807, 2.05) is 19.2 Å². The first-order valence-electron chi connectivity index (χ1n) is 11.3. The Morgan fingerprint density at radius 1 is 0.906 bits per heavy atom. The molecule has 8 heteroatoms. The monoisotopic (exact) mass is 456 g/mol. The number of sulfonamides is 1. The molecule has 2 aromatic rings. The molecule has 2 saturated heterocycles. The van der Waals surface area contributed by atoms with Crippen LogP contribution in [-0.4, -0.2) is 74.7 Å². The number of nitrogens with zero attached hydrogens (tertiary/aromatic N) is 3. The Balaban J connectivity index is 1.39. The van der Waals surface area contributed by atoms with E-state index in [0.717, 1.165) is 25.2 Å². The van der Waals surface area contributed by atoms with Crippen molar-refractivity contribution in [3.8, 4) is 0 Å². The van der Waals surface area contributed by atoms with Crippen molar-refractivity contribution in [3.05, 3.63) is 65.2 Å². The number of hydrogen-bond acceptors (Lipinski definition) is 5. The molecule has 0 aromatic heterocycles. The van der Waals surface area contributed by atoms with Crippen LogP contribution < -0.4 is 5.32 Å². The van der Waals surface area contributed by atoms with Gasteiger partial charge in [-0.2, -0.15) is 4.31 Å². The molecule has 1 N–H and O–H groups in total. The standard InChI is InChI=1S/C24H32N4O3S/c1-26-12-14-28(15-13-26)32(30,31)23-9-5-8-22(17-23)24(29)25-18-20-6-4-7-21(16-20)19-27-10-2-3-11-27/h4-9,16-17H,2-3,10-15,18-19H2,1H3,(H,25,29). The van der Waals surface area contributed by atoms with Crippen LogP contribution in [0.3, 0.4) is 0 Å². The minimum absolute atomic E-state index is 0.169. The molecule has 2 aliphatic rings. The van der Waals surface area contributed by atoms with E-state index in [4.69, 9.17) is 0 Å². The van der Waals surface area contributed by atoms with Crippen LogP contribution in [0, 0.1) is 0 Å². The average Bonchev–Trinajstić information content (AvgIpc) is 3.31. The number of likely N-dealkylation sites (tertiary alicyclic amines) is 1. The highest BCUT2D eigenvalue weighted by Gasteiger charge is 2.28. The average molecular weight is 457 g/mol. The van der Waals surface area contributed by atoms with Crippen molar-refractivity contribution in [2.75, 3.05) is 46.3 Å². The van der Waals surface area contributed by atoms with Crippen LogP contribution in [0.1, 0.15) is 34.3 Å². The van der Waals surface area contributed by atoms with Crippen molar-refractivity contribution in [3.63, 3.8) is 0 Å². The van der Waals surface area contributed by atoms with Crippen LogP contribution in [0.4, 0.5) is 0 Å². The van der Waals surface area contributed by atoms with Gasteiger partial charge in [0.1, 0.15) is 0 Å². The number of likely N-dealkylation sites (N-methyl/N-ethyl adjacent to an activating group) is 1. The second-order valence-corrected chi connectivity index (χ2v) is 10.7. The lowest BCUT2D eigenvalue weighted by atomic mass is 10.1. The van der Waals surface area contributed by atoms with Gasteiger partial charge in [-0.3, -0.25) is 9.69 Å². The van der Waals surface area contributed by atoms with Crippen LogP contribution in [0.25, 0.3) is 0 Å². The maximum absolute atomic E-state index is 13.0. The molecule has 0 spiro atoms. The van der Waals surface area contributed by atoms with E-state index >= 15 is 0 Å².